The zero-order valence-corrected chi connectivity index (χ0v) is 21.5. The van der Waals surface area contributed by atoms with Crippen LogP contribution in [0.4, 0.5) is 10.1 Å². The molecule has 1 saturated heterocycles. The fraction of sp³-hybridized carbons (Fsp3) is 0.259. The van der Waals surface area contributed by atoms with Gasteiger partial charge in [0, 0.05) is 68.0 Å². The average Bonchev–Trinajstić information content (AvgIpc) is 3.37. The molecular formula is C27H27ClFN5O3. The summed E-state index contributed by atoms with van der Waals surface area (Å²) in [6.45, 7) is 3.08. The van der Waals surface area contributed by atoms with Crippen LogP contribution >= 0.6 is 11.6 Å². The Morgan fingerprint density at radius 2 is 1.70 bits per heavy atom. The van der Waals surface area contributed by atoms with Gasteiger partial charge in [0.05, 0.1) is 10.7 Å². The van der Waals surface area contributed by atoms with Crippen LogP contribution in [0.15, 0.2) is 64.6 Å². The molecule has 1 aliphatic heterocycles. The summed E-state index contributed by atoms with van der Waals surface area (Å²) in [6.07, 6.45) is 5.53. The lowest BCUT2D eigenvalue weighted by molar-refractivity contribution is 0.477. The summed E-state index contributed by atoms with van der Waals surface area (Å²) in [6, 6.07) is 9.01. The van der Waals surface area contributed by atoms with E-state index in [0.717, 1.165) is 6.42 Å². The summed E-state index contributed by atoms with van der Waals surface area (Å²) in [5.74, 6) is -0.717. The number of hydrogen-bond acceptors (Lipinski definition) is 5. The van der Waals surface area contributed by atoms with E-state index in [4.69, 9.17) is 17.3 Å². The summed E-state index contributed by atoms with van der Waals surface area (Å²) in [4.78, 5) is 27.2. The number of nitrogens with zero attached hydrogens (tertiary/aromatic N) is 4. The molecular weight excluding hydrogens is 497 g/mol. The van der Waals surface area contributed by atoms with Crippen molar-refractivity contribution in [2.45, 2.75) is 18.9 Å². The molecule has 10 heteroatoms. The van der Waals surface area contributed by atoms with E-state index in [0.29, 0.717) is 35.6 Å². The maximum absolute atomic E-state index is 14.9. The molecule has 4 aromatic rings. The molecule has 1 aliphatic rings. The third kappa shape index (κ3) is 4.45. The first-order chi connectivity index (χ1) is 17.4. The van der Waals surface area contributed by atoms with Gasteiger partial charge in [-0.3, -0.25) is 9.36 Å². The normalized spacial score (nSPS) is 17.5. The lowest BCUT2D eigenvalue weighted by Gasteiger charge is -2.22. The Bertz CT molecular complexity index is 1650. The van der Waals surface area contributed by atoms with Gasteiger partial charge in [0.2, 0.25) is 0 Å². The van der Waals surface area contributed by atoms with Crippen LogP contribution in [0, 0.1) is 5.82 Å². The number of aromatic nitrogens is 3. The number of phenolic OH excluding ortho intramolecular Hbond substituents is 1. The van der Waals surface area contributed by atoms with Crippen molar-refractivity contribution >= 4 is 17.3 Å². The minimum absolute atomic E-state index is 0.156. The van der Waals surface area contributed by atoms with Crippen LogP contribution in [0.2, 0.25) is 5.02 Å². The van der Waals surface area contributed by atoms with Crippen molar-refractivity contribution in [2.75, 3.05) is 18.0 Å². The predicted molar refractivity (Wildman–Crippen MR) is 143 cm³/mol. The molecule has 2 aromatic carbocycles. The van der Waals surface area contributed by atoms with Crippen molar-refractivity contribution in [3.63, 3.8) is 0 Å². The highest BCUT2D eigenvalue weighted by molar-refractivity contribution is 6.32. The second-order valence-corrected chi connectivity index (χ2v) is 10.3. The van der Waals surface area contributed by atoms with Crippen LogP contribution in [0.5, 0.6) is 5.75 Å². The van der Waals surface area contributed by atoms with Gasteiger partial charge in [-0.1, -0.05) is 17.7 Å². The average molecular weight is 524 g/mol. The number of pyridine rings is 1. The quantitative estimate of drug-likeness (QED) is 0.425. The number of imidazole rings is 1. The Kier molecular flexibility index (Phi) is 6.00. The fourth-order valence-corrected chi connectivity index (χ4v) is 5.09. The molecule has 0 unspecified atom stereocenters. The SMILES string of the molecule is Cn1cc(-c2cc(F)cc(-c3ccc(-n4ccn(C)c4=O)c(Cl)c3)c2O)cc(N2CC[C@@](C)(N)C2)c1=O. The first-order valence-electron chi connectivity index (χ1n) is 11.8. The largest absolute Gasteiger partial charge is 0.507 e. The number of hydrogen-bond donors (Lipinski definition) is 2. The molecule has 5 rings (SSSR count). The molecule has 192 valence electrons. The van der Waals surface area contributed by atoms with Crippen molar-refractivity contribution < 1.29 is 9.50 Å². The summed E-state index contributed by atoms with van der Waals surface area (Å²) in [5.41, 5.74) is 7.74. The second-order valence-electron chi connectivity index (χ2n) is 9.93. The summed E-state index contributed by atoms with van der Waals surface area (Å²) in [7, 11) is 3.25. The molecule has 0 saturated carbocycles. The van der Waals surface area contributed by atoms with Gasteiger partial charge < -0.3 is 24.9 Å². The number of aryl methyl sites for hydroxylation is 2. The monoisotopic (exact) mass is 523 g/mol. The highest BCUT2D eigenvalue weighted by atomic mass is 35.5. The number of aromatic hydroxyl groups is 1. The Hall–Kier alpha value is -3.82. The lowest BCUT2D eigenvalue weighted by Crippen LogP contribution is -2.40. The smallest absolute Gasteiger partial charge is 0.332 e. The molecule has 0 aliphatic carbocycles. The van der Waals surface area contributed by atoms with Gasteiger partial charge in [-0.05, 0) is 49.2 Å². The Morgan fingerprint density at radius 1 is 1.00 bits per heavy atom. The van der Waals surface area contributed by atoms with E-state index in [9.17, 15) is 19.1 Å². The van der Waals surface area contributed by atoms with Crippen molar-refractivity contribution in [3.05, 3.63) is 86.7 Å². The maximum atomic E-state index is 14.9. The van der Waals surface area contributed by atoms with Gasteiger partial charge in [0.25, 0.3) is 5.56 Å². The van der Waals surface area contributed by atoms with Crippen molar-refractivity contribution in [1.82, 2.24) is 13.7 Å². The van der Waals surface area contributed by atoms with Gasteiger partial charge in [-0.15, -0.1) is 0 Å². The molecule has 3 heterocycles. The van der Waals surface area contributed by atoms with Gasteiger partial charge in [-0.25, -0.2) is 9.18 Å². The number of anilines is 1. The van der Waals surface area contributed by atoms with Crippen LogP contribution < -0.4 is 21.9 Å². The van der Waals surface area contributed by atoms with Crippen molar-refractivity contribution in [1.29, 1.82) is 0 Å². The van der Waals surface area contributed by atoms with E-state index < -0.39 is 11.4 Å². The lowest BCUT2D eigenvalue weighted by atomic mass is 9.97. The number of benzene rings is 2. The highest BCUT2D eigenvalue weighted by Crippen LogP contribution is 2.41. The van der Waals surface area contributed by atoms with Crippen LogP contribution in [-0.2, 0) is 14.1 Å². The van der Waals surface area contributed by atoms with Crippen molar-refractivity contribution in [3.8, 4) is 33.7 Å². The van der Waals surface area contributed by atoms with Gasteiger partial charge in [-0.2, -0.15) is 0 Å². The Balaban J connectivity index is 1.60. The van der Waals surface area contributed by atoms with Gasteiger partial charge in [0.1, 0.15) is 17.3 Å². The van der Waals surface area contributed by atoms with E-state index in [1.807, 2.05) is 11.8 Å². The van der Waals surface area contributed by atoms with Gasteiger partial charge in [0.15, 0.2) is 0 Å². The van der Waals surface area contributed by atoms with E-state index >= 15 is 0 Å². The molecule has 2 aromatic heterocycles. The maximum Gasteiger partial charge on any atom is 0.332 e. The van der Waals surface area contributed by atoms with E-state index in [1.54, 1.807) is 57.0 Å². The van der Waals surface area contributed by atoms with E-state index in [2.05, 4.69) is 0 Å². The van der Waals surface area contributed by atoms with Crippen molar-refractivity contribution in [2.24, 2.45) is 19.8 Å². The van der Waals surface area contributed by atoms with Crippen LogP contribution in [-0.4, -0.2) is 37.4 Å². The standard InChI is InChI=1S/C27H27ClFN5O3/c1-27(30)6-7-33(15-27)23-11-17(14-32(3)25(23)36)20-13-18(29)12-19(24(20)35)16-4-5-22(21(28)10-16)34-9-8-31(2)26(34)37/h4-5,8-14,35H,6-7,15,30H2,1-3H3/t27-/m1/s1. The minimum Gasteiger partial charge on any atom is -0.507 e. The summed E-state index contributed by atoms with van der Waals surface area (Å²) < 4.78 is 19.1. The first-order valence-corrected chi connectivity index (χ1v) is 12.1. The molecule has 0 amide bonds. The molecule has 0 radical (unpaired) electrons. The minimum atomic E-state index is -0.562. The molecule has 0 spiro atoms. The fourth-order valence-electron chi connectivity index (χ4n) is 4.81. The highest BCUT2D eigenvalue weighted by Gasteiger charge is 2.31. The molecule has 1 fully saturated rings. The molecule has 8 nitrogen and oxygen atoms in total. The third-order valence-electron chi connectivity index (χ3n) is 6.86. The van der Waals surface area contributed by atoms with Crippen LogP contribution in [0.1, 0.15) is 13.3 Å². The topological polar surface area (TPSA) is 98.4 Å². The van der Waals surface area contributed by atoms with E-state index in [-0.39, 0.29) is 33.1 Å². The van der Waals surface area contributed by atoms with E-state index in [1.165, 1.54) is 25.8 Å². The summed E-state index contributed by atoms with van der Waals surface area (Å²) >= 11 is 6.50. The molecule has 1 atom stereocenters. The Labute approximate surface area is 217 Å². The Morgan fingerprint density at radius 3 is 2.30 bits per heavy atom. The first kappa shape index (κ1) is 24.9. The number of halogens is 2. The third-order valence-corrected chi connectivity index (χ3v) is 7.16. The predicted octanol–water partition coefficient (Wildman–Crippen LogP) is 3.63. The summed E-state index contributed by atoms with van der Waals surface area (Å²) in [5, 5.41) is 11.5. The van der Waals surface area contributed by atoms with Crippen LogP contribution in [0.3, 0.4) is 0 Å². The second kappa shape index (κ2) is 8.93. The number of rotatable bonds is 4. The number of nitrogens with two attached hydrogens (primary N) is 1. The molecule has 3 N–H and O–H groups in total. The zero-order valence-electron chi connectivity index (χ0n) is 20.7. The zero-order chi connectivity index (χ0) is 26.6. The van der Waals surface area contributed by atoms with Crippen LogP contribution in [0.25, 0.3) is 27.9 Å². The molecule has 37 heavy (non-hydrogen) atoms. The molecule has 0 bridgehead atoms. The van der Waals surface area contributed by atoms with Gasteiger partial charge >= 0.3 is 5.69 Å². The number of phenols is 1.